The number of likely N-dealkylation sites (tertiary alicyclic amines) is 1. The highest BCUT2D eigenvalue weighted by molar-refractivity contribution is 6.42. The molecule has 0 bridgehead atoms. The first-order chi connectivity index (χ1) is 13.3. The molecule has 0 unspecified atom stereocenters. The zero-order valence-corrected chi connectivity index (χ0v) is 19.0. The molecule has 7 heteroatoms. The van der Waals surface area contributed by atoms with Crippen molar-refractivity contribution in [2.75, 3.05) is 73.5 Å². The molecule has 1 aliphatic heterocycles. The zero-order valence-electron chi connectivity index (χ0n) is 17.5. The number of hydrogen-bond acceptors (Lipinski definition) is 4. The van der Waals surface area contributed by atoms with Crippen molar-refractivity contribution >= 4 is 29.1 Å². The fourth-order valence-electron chi connectivity index (χ4n) is 3.29. The van der Waals surface area contributed by atoms with Gasteiger partial charge in [0.1, 0.15) is 0 Å². The normalized spacial score (nSPS) is 15.0. The van der Waals surface area contributed by atoms with Crippen molar-refractivity contribution in [3.8, 4) is 0 Å². The number of rotatable bonds is 11. The molecule has 0 aliphatic carbocycles. The molecule has 2 rings (SSSR count). The van der Waals surface area contributed by atoms with Gasteiger partial charge in [-0.2, -0.15) is 0 Å². The molecule has 1 amide bonds. The average Bonchev–Trinajstić information content (AvgIpc) is 3.19. The average molecular weight is 429 g/mol. The van der Waals surface area contributed by atoms with Crippen LogP contribution >= 0.6 is 23.2 Å². The first-order valence-corrected chi connectivity index (χ1v) is 10.9. The van der Waals surface area contributed by atoms with Gasteiger partial charge in [0.05, 0.1) is 16.5 Å². The van der Waals surface area contributed by atoms with Gasteiger partial charge in [-0.25, -0.2) is 0 Å². The molecule has 0 aromatic heterocycles. The van der Waals surface area contributed by atoms with E-state index in [0.29, 0.717) is 23.0 Å². The van der Waals surface area contributed by atoms with E-state index >= 15 is 0 Å². The Kier molecular flexibility index (Phi) is 10.0. The number of hydrogen-bond donors (Lipinski definition) is 0. The number of carbonyl (C=O) groups is 1. The number of nitrogens with zero attached hydrogens (tertiary/aromatic N) is 4. The molecular formula is C21H34Cl2N4O. The van der Waals surface area contributed by atoms with Gasteiger partial charge in [-0.15, -0.1) is 0 Å². The Hall–Kier alpha value is -0.850. The molecule has 1 aliphatic rings. The largest absolute Gasteiger partial charge is 0.344 e. The van der Waals surface area contributed by atoms with E-state index in [-0.39, 0.29) is 5.91 Å². The van der Waals surface area contributed by atoms with E-state index in [1.54, 1.807) is 17.0 Å². The maximum atomic E-state index is 12.4. The maximum absolute atomic E-state index is 12.4. The smallest absolute Gasteiger partial charge is 0.226 e. The second kappa shape index (κ2) is 12.0. The second-order valence-corrected chi connectivity index (χ2v) is 8.71. The molecule has 0 radical (unpaired) electrons. The van der Waals surface area contributed by atoms with Gasteiger partial charge in [-0.05, 0) is 57.7 Å². The van der Waals surface area contributed by atoms with Crippen molar-refractivity contribution < 1.29 is 4.79 Å². The lowest BCUT2D eigenvalue weighted by molar-refractivity contribution is -0.129. The van der Waals surface area contributed by atoms with Crippen LogP contribution in [0, 0.1) is 0 Å². The first kappa shape index (κ1) is 23.4. The Morgan fingerprint density at radius 1 is 0.929 bits per heavy atom. The van der Waals surface area contributed by atoms with Crippen molar-refractivity contribution in [2.45, 2.75) is 19.3 Å². The predicted molar refractivity (Wildman–Crippen MR) is 118 cm³/mol. The maximum Gasteiger partial charge on any atom is 0.226 e. The lowest BCUT2D eigenvalue weighted by atomic mass is 10.1. The summed E-state index contributed by atoms with van der Waals surface area (Å²) in [7, 11) is 6.16. The summed E-state index contributed by atoms with van der Waals surface area (Å²) < 4.78 is 0. The molecule has 0 N–H and O–H groups in total. The monoisotopic (exact) mass is 428 g/mol. The number of benzene rings is 1. The summed E-state index contributed by atoms with van der Waals surface area (Å²) in [6.45, 7) is 8.45. The Bertz CT molecular complexity index is 622. The number of likely N-dealkylation sites (N-methyl/N-ethyl adjacent to an activating group) is 3. The van der Waals surface area contributed by atoms with Gasteiger partial charge in [-0.3, -0.25) is 4.79 Å². The topological polar surface area (TPSA) is 30.0 Å². The minimum atomic E-state index is 0.0921. The Labute approximate surface area is 180 Å². The summed E-state index contributed by atoms with van der Waals surface area (Å²) in [6.07, 6.45) is 3.05. The molecule has 1 aromatic carbocycles. The van der Waals surface area contributed by atoms with E-state index in [9.17, 15) is 4.79 Å². The molecule has 0 spiro atoms. The van der Waals surface area contributed by atoms with E-state index in [2.05, 4.69) is 28.8 Å². The van der Waals surface area contributed by atoms with Gasteiger partial charge in [0.2, 0.25) is 5.91 Å². The zero-order chi connectivity index (χ0) is 20.5. The van der Waals surface area contributed by atoms with Gasteiger partial charge in [0.15, 0.2) is 0 Å². The molecule has 5 nitrogen and oxygen atoms in total. The van der Waals surface area contributed by atoms with Crippen LogP contribution in [0.25, 0.3) is 0 Å². The van der Waals surface area contributed by atoms with Crippen LogP contribution in [0.2, 0.25) is 10.0 Å². The van der Waals surface area contributed by atoms with Gasteiger partial charge < -0.3 is 19.6 Å². The van der Waals surface area contributed by atoms with Crippen molar-refractivity contribution in [3.05, 3.63) is 33.8 Å². The van der Waals surface area contributed by atoms with Crippen LogP contribution in [0.5, 0.6) is 0 Å². The number of halogens is 2. The third-order valence-electron chi connectivity index (χ3n) is 5.44. The summed E-state index contributed by atoms with van der Waals surface area (Å²) in [6, 6.07) is 5.35. The van der Waals surface area contributed by atoms with Crippen LogP contribution in [-0.4, -0.2) is 99.0 Å². The molecule has 0 saturated carbocycles. The van der Waals surface area contributed by atoms with Crippen molar-refractivity contribution in [1.29, 1.82) is 0 Å². The minimum absolute atomic E-state index is 0.0921. The van der Waals surface area contributed by atoms with Gasteiger partial charge in [-0.1, -0.05) is 29.3 Å². The van der Waals surface area contributed by atoms with Crippen LogP contribution in [-0.2, 0) is 11.2 Å². The summed E-state index contributed by atoms with van der Waals surface area (Å²) in [5.41, 5.74) is 0.888. The van der Waals surface area contributed by atoms with Gasteiger partial charge in [0, 0.05) is 46.3 Å². The fourth-order valence-corrected chi connectivity index (χ4v) is 3.61. The summed E-state index contributed by atoms with van der Waals surface area (Å²) in [5, 5.41) is 1.00. The van der Waals surface area contributed by atoms with Crippen LogP contribution in [0.3, 0.4) is 0 Å². The molecule has 0 atom stereocenters. The SMILES string of the molecule is CN(CCN(C)CCN(C)C(=O)Cc1ccc(Cl)c(Cl)c1)CCN1CCCC1. The molecule has 158 valence electrons. The predicted octanol–water partition coefficient (Wildman–Crippen LogP) is 2.95. The van der Waals surface area contributed by atoms with Crippen molar-refractivity contribution in [1.82, 2.24) is 19.6 Å². The highest BCUT2D eigenvalue weighted by atomic mass is 35.5. The van der Waals surface area contributed by atoms with Gasteiger partial charge >= 0.3 is 0 Å². The lowest BCUT2D eigenvalue weighted by Gasteiger charge is -2.25. The van der Waals surface area contributed by atoms with Crippen molar-refractivity contribution in [2.24, 2.45) is 0 Å². The fraction of sp³-hybridized carbons (Fsp3) is 0.667. The second-order valence-electron chi connectivity index (χ2n) is 7.90. The summed E-state index contributed by atoms with van der Waals surface area (Å²) in [5.74, 6) is 0.0921. The summed E-state index contributed by atoms with van der Waals surface area (Å²) in [4.78, 5) is 21.4. The van der Waals surface area contributed by atoms with Gasteiger partial charge in [0.25, 0.3) is 0 Å². The first-order valence-electron chi connectivity index (χ1n) is 10.1. The van der Waals surface area contributed by atoms with E-state index in [1.807, 2.05) is 13.1 Å². The molecule has 28 heavy (non-hydrogen) atoms. The van der Waals surface area contributed by atoms with Crippen LogP contribution in [0.4, 0.5) is 0 Å². The van der Waals surface area contributed by atoms with E-state index < -0.39 is 0 Å². The Morgan fingerprint density at radius 2 is 1.54 bits per heavy atom. The molecule has 1 saturated heterocycles. The lowest BCUT2D eigenvalue weighted by Crippen LogP contribution is -2.39. The van der Waals surface area contributed by atoms with Crippen molar-refractivity contribution in [3.63, 3.8) is 0 Å². The highest BCUT2D eigenvalue weighted by Crippen LogP contribution is 2.22. The molecule has 1 aromatic rings. The standard InChI is InChI=1S/C21H34Cl2N4O/c1-24(10-11-25(2)13-15-27-8-4-5-9-27)12-14-26(3)21(28)17-18-6-7-19(22)20(23)16-18/h6-7,16H,4-5,8-15,17H2,1-3H3. The minimum Gasteiger partial charge on any atom is -0.344 e. The Balaban J connectivity index is 1.61. The van der Waals surface area contributed by atoms with Crippen LogP contribution in [0.1, 0.15) is 18.4 Å². The van der Waals surface area contributed by atoms with E-state index in [4.69, 9.17) is 23.2 Å². The van der Waals surface area contributed by atoms with Crippen LogP contribution in [0.15, 0.2) is 18.2 Å². The van der Waals surface area contributed by atoms with E-state index in [0.717, 1.165) is 31.7 Å². The third-order valence-corrected chi connectivity index (χ3v) is 6.18. The highest BCUT2D eigenvalue weighted by Gasteiger charge is 2.13. The quantitative estimate of drug-likeness (QED) is 0.541. The third kappa shape index (κ3) is 8.26. The van der Waals surface area contributed by atoms with Crippen LogP contribution < -0.4 is 0 Å². The number of amides is 1. The molecule has 1 fully saturated rings. The van der Waals surface area contributed by atoms with E-state index in [1.165, 1.54) is 32.5 Å². The summed E-state index contributed by atoms with van der Waals surface area (Å²) >= 11 is 12.0. The Morgan fingerprint density at radius 3 is 2.18 bits per heavy atom. The molecular weight excluding hydrogens is 395 g/mol. The number of carbonyl (C=O) groups excluding carboxylic acids is 1. The molecule has 1 heterocycles.